The van der Waals surface area contributed by atoms with Crippen molar-refractivity contribution in [3.05, 3.63) is 18.2 Å². The van der Waals surface area contributed by atoms with Crippen molar-refractivity contribution in [2.75, 3.05) is 5.32 Å². The van der Waals surface area contributed by atoms with E-state index >= 15 is 0 Å². The number of halogens is 3. The maximum atomic E-state index is 12.7. The number of thiazole rings is 1. The van der Waals surface area contributed by atoms with E-state index in [4.69, 9.17) is 0 Å². The highest BCUT2D eigenvalue weighted by Crippen LogP contribution is 2.56. The van der Waals surface area contributed by atoms with E-state index < -0.39 is 6.36 Å². The second-order valence-electron chi connectivity index (χ2n) is 7.15. The van der Waals surface area contributed by atoms with Crippen molar-refractivity contribution in [2.24, 2.45) is 17.3 Å². The first kappa shape index (κ1) is 16.6. The molecule has 1 N–H and O–H groups in total. The zero-order valence-electron chi connectivity index (χ0n) is 13.5. The van der Waals surface area contributed by atoms with E-state index in [-0.39, 0.29) is 17.1 Å². The van der Waals surface area contributed by atoms with Crippen LogP contribution in [0.3, 0.4) is 0 Å². The van der Waals surface area contributed by atoms with Crippen molar-refractivity contribution >= 4 is 32.6 Å². The lowest BCUT2D eigenvalue weighted by atomic mass is 9.74. The van der Waals surface area contributed by atoms with Crippen LogP contribution >= 0.6 is 11.3 Å². The van der Waals surface area contributed by atoms with Crippen molar-refractivity contribution in [3.63, 3.8) is 0 Å². The summed E-state index contributed by atoms with van der Waals surface area (Å²) < 4.78 is 41.4. The highest BCUT2D eigenvalue weighted by atomic mass is 32.1. The van der Waals surface area contributed by atoms with Crippen LogP contribution in [0.25, 0.3) is 10.2 Å². The second kappa shape index (κ2) is 5.59. The van der Waals surface area contributed by atoms with Crippen molar-refractivity contribution in [1.29, 1.82) is 0 Å². The van der Waals surface area contributed by atoms with Gasteiger partial charge in [-0.05, 0) is 43.2 Å². The van der Waals surface area contributed by atoms with E-state index in [1.807, 2.05) is 6.92 Å². The number of fused-ring (bicyclic) bond motifs is 3. The molecule has 0 radical (unpaired) electrons. The Morgan fingerprint density at radius 2 is 2.20 bits per heavy atom. The van der Waals surface area contributed by atoms with Crippen molar-refractivity contribution in [3.8, 4) is 5.75 Å². The van der Waals surface area contributed by atoms with Crippen LogP contribution in [-0.4, -0.2) is 17.3 Å². The number of hydrogen-bond acceptors (Lipinski definition) is 4. The van der Waals surface area contributed by atoms with E-state index in [0.29, 0.717) is 27.2 Å². The zero-order valence-corrected chi connectivity index (χ0v) is 14.3. The molecule has 2 bridgehead atoms. The van der Waals surface area contributed by atoms with Crippen LogP contribution < -0.4 is 10.1 Å². The summed E-state index contributed by atoms with van der Waals surface area (Å²) in [4.78, 5) is 17.0. The molecule has 1 heterocycles. The van der Waals surface area contributed by atoms with Gasteiger partial charge in [-0.1, -0.05) is 24.7 Å². The fourth-order valence-electron chi connectivity index (χ4n) is 4.28. The van der Waals surface area contributed by atoms with Crippen molar-refractivity contribution in [1.82, 2.24) is 4.98 Å². The minimum Gasteiger partial charge on any atom is -0.406 e. The molecule has 2 aliphatic carbocycles. The smallest absolute Gasteiger partial charge is 0.406 e. The van der Waals surface area contributed by atoms with Gasteiger partial charge < -0.3 is 10.1 Å². The number of anilines is 1. The van der Waals surface area contributed by atoms with Crippen LogP contribution in [0.15, 0.2) is 18.2 Å². The Labute approximate surface area is 146 Å². The van der Waals surface area contributed by atoms with Crippen LogP contribution in [0.1, 0.15) is 32.6 Å². The molecule has 1 aromatic heterocycles. The average molecular weight is 370 g/mol. The molecule has 2 aliphatic rings. The van der Waals surface area contributed by atoms with Gasteiger partial charge >= 0.3 is 6.36 Å². The van der Waals surface area contributed by atoms with Crippen LogP contribution in [0.5, 0.6) is 5.75 Å². The zero-order chi connectivity index (χ0) is 17.8. The van der Waals surface area contributed by atoms with Gasteiger partial charge in [0.25, 0.3) is 0 Å². The molecule has 0 spiro atoms. The molecule has 3 unspecified atom stereocenters. The molecule has 1 amide bonds. The van der Waals surface area contributed by atoms with Gasteiger partial charge in [0.05, 0.1) is 10.2 Å². The fourth-order valence-corrected chi connectivity index (χ4v) is 5.17. The van der Waals surface area contributed by atoms with E-state index in [1.165, 1.54) is 24.6 Å². The number of benzene rings is 1. The number of rotatable bonds is 3. The SMILES string of the molecule is CC1(C(=O)Nc2nc3ccc(OC(F)(F)F)cc3s2)CC2CCC1C2. The minimum absolute atomic E-state index is 0.0366. The third kappa shape index (κ3) is 3.07. The van der Waals surface area contributed by atoms with Crippen LogP contribution in [0.2, 0.25) is 0 Å². The molecule has 0 aliphatic heterocycles. The third-order valence-corrected chi connectivity index (χ3v) is 6.42. The number of amides is 1. The Hall–Kier alpha value is -1.83. The predicted octanol–water partition coefficient (Wildman–Crippen LogP) is 4.96. The molecule has 2 saturated carbocycles. The first-order chi connectivity index (χ1) is 11.7. The van der Waals surface area contributed by atoms with Gasteiger partial charge in [-0.15, -0.1) is 13.2 Å². The molecule has 4 nitrogen and oxygen atoms in total. The summed E-state index contributed by atoms with van der Waals surface area (Å²) in [6, 6.07) is 3.97. The second-order valence-corrected chi connectivity index (χ2v) is 8.18. The summed E-state index contributed by atoms with van der Waals surface area (Å²) >= 11 is 1.15. The molecule has 25 heavy (non-hydrogen) atoms. The standard InChI is InChI=1S/C17H17F3N2O2S/c1-16(8-9-2-3-10(16)6-9)14(23)22-15-21-12-5-4-11(7-13(12)25-15)24-17(18,19)20/h4-5,7,9-10H,2-3,6,8H2,1H3,(H,21,22,23). The summed E-state index contributed by atoms with van der Waals surface area (Å²) in [6.45, 7) is 2.01. The summed E-state index contributed by atoms with van der Waals surface area (Å²) in [5.74, 6) is 0.726. The highest BCUT2D eigenvalue weighted by Gasteiger charge is 2.52. The molecule has 3 atom stereocenters. The minimum atomic E-state index is -4.73. The van der Waals surface area contributed by atoms with Gasteiger partial charge in [-0.3, -0.25) is 4.79 Å². The summed E-state index contributed by atoms with van der Waals surface area (Å²) in [5, 5.41) is 3.28. The first-order valence-corrected chi connectivity index (χ1v) is 9.02. The van der Waals surface area contributed by atoms with E-state index in [9.17, 15) is 18.0 Å². The van der Waals surface area contributed by atoms with Crippen LogP contribution in [0.4, 0.5) is 18.3 Å². The van der Waals surface area contributed by atoms with Gasteiger partial charge in [0.2, 0.25) is 5.91 Å². The van der Waals surface area contributed by atoms with Gasteiger partial charge in [-0.25, -0.2) is 4.98 Å². The predicted molar refractivity (Wildman–Crippen MR) is 88.5 cm³/mol. The molecule has 134 valence electrons. The maximum Gasteiger partial charge on any atom is 0.573 e. The maximum absolute atomic E-state index is 12.7. The summed E-state index contributed by atoms with van der Waals surface area (Å²) in [5.41, 5.74) is 0.165. The van der Waals surface area contributed by atoms with Crippen LogP contribution in [-0.2, 0) is 4.79 Å². The van der Waals surface area contributed by atoms with E-state index in [2.05, 4.69) is 15.0 Å². The Kier molecular flexibility index (Phi) is 3.72. The Morgan fingerprint density at radius 3 is 2.84 bits per heavy atom. The topological polar surface area (TPSA) is 51.2 Å². The van der Waals surface area contributed by atoms with Crippen LogP contribution in [0, 0.1) is 17.3 Å². The fraction of sp³-hybridized carbons (Fsp3) is 0.529. The van der Waals surface area contributed by atoms with Gasteiger partial charge in [-0.2, -0.15) is 0 Å². The number of ether oxygens (including phenoxy) is 1. The number of carbonyl (C=O) groups is 1. The number of nitrogens with zero attached hydrogens (tertiary/aromatic N) is 1. The number of aromatic nitrogens is 1. The third-order valence-electron chi connectivity index (χ3n) is 5.49. The number of carbonyl (C=O) groups excluding carboxylic acids is 1. The largest absolute Gasteiger partial charge is 0.573 e. The Balaban J connectivity index is 1.53. The first-order valence-electron chi connectivity index (χ1n) is 8.21. The van der Waals surface area contributed by atoms with Crippen molar-refractivity contribution < 1.29 is 22.7 Å². The lowest BCUT2D eigenvalue weighted by Gasteiger charge is -2.31. The molecule has 2 fully saturated rings. The molecule has 4 rings (SSSR count). The van der Waals surface area contributed by atoms with E-state index in [1.54, 1.807) is 0 Å². The van der Waals surface area contributed by atoms with Crippen molar-refractivity contribution in [2.45, 2.75) is 39.0 Å². The Bertz CT molecular complexity index is 835. The van der Waals surface area contributed by atoms with Gasteiger partial charge in [0.15, 0.2) is 5.13 Å². The number of nitrogens with one attached hydrogen (secondary N) is 1. The molecule has 8 heteroatoms. The summed E-state index contributed by atoms with van der Waals surface area (Å²) in [6.07, 6.45) is -0.422. The molecule has 0 saturated heterocycles. The number of alkyl halides is 3. The lowest BCUT2D eigenvalue weighted by Crippen LogP contribution is -2.38. The monoisotopic (exact) mass is 370 g/mol. The van der Waals surface area contributed by atoms with Gasteiger partial charge in [0, 0.05) is 11.5 Å². The number of hydrogen-bond donors (Lipinski definition) is 1. The normalized spacial score (nSPS) is 28.5. The average Bonchev–Trinajstić information content (AvgIpc) is 3.18. The van der Waals surface area contributed by atoms with E-state index in [0.717, 1.165) is 30.6 Å². The molecule has 1 aromatic carbocycles. The Morgan fingerprint density at radius 1 is 1.40 bits per heavy atom. The quantitative estimate of drug-likeness (QED) is 0.831. The highest BCUT2D eigenvalue weighted by molar-refractivity contribution is 7.22. The lowest BCUT2D eigenvalue weighted by molar-refractivity contribution is -0.274. The summed E-state index contributed by atoms with van der Waals surface area (Å²) in [7, 11) is 0. The molecular weight excluding hydrogens is 353 g/mol. The molecule has 2 aromatic rings. The van der Waals surface area contributed by atoms with Gasteiger partial charge in [0.1, 0.15) is 5.75 Å². The molecular formula is C17H17F3N2O2S.